The number of nitrogens with zero attached hydrogens (tertiary/aromatic N) is 3. The Labute approximate surface area is 78.1 Å². The van der Waals surface area contributed by atoms with Gasteiger partial charge in [-0.05, 0) is 0 Å². The molecular weight excluding hydrogens is 193 g/mol. The molecule has 0 aliphatic carbocycles. The van der Waals surface area contributed by atoms with E-state index in [1.807, 2.05) is 23.9 Å². The quantitative estimate of drug-likeness (QED) is 0.600. The lowest BCUT2D eigenvalue weighted by molar-refractivity contribution is 0.278. The molecule has 0 spiro atoms. The third kappa shape index (κ3) is 2.51. The number of hydrogen-bond acceptors (Lipinski definition) is 4. The molecule has 1 aliphatic rings. The second-order valence-corrected chi connectivity index (χ2v) is 4.53. The largest absolute Gasteiger partial charge is 0.551 e. The summed E-state index contributed by atoms with van der Waals surface area (Å²) in [6.07, 6.45) is 0. The van der Waals surface area contributed by atoms with Gasteiger partial charge in [0, 0.05) is 31.9 Å². The number of likely N-dealkylation sites (N-methyl/N-ethyl adjacent to an activating group) is 2. The van der Waals surface area contributed by atoms with Crippen molar-refractivity contribution < 1.29 is 14.3 Å². The molecule has 1 aliphatic heterocycles. The van der Waals surface area contributed by atoms with Gasteiger partial charge in [-0.2, -0.15) is 14.3 Å². The SMILES string of the molecule is CO[P+](O)(O)N=C1N(C)CCN1C. The highest BCUT2D eigenvalue weighted by Crippen LogP contribution is 2.52. The minimum absolute atomic E-state index is 0.556. The average Bonchev–Trinajstić information content (AvgIpc) is 2.36. The molecule has 76 valence electrons. The lowest BCUT2D eigenvalue weighted by atomic mass is 10.6. The van der Waals surface area contributed by atoms with Crippen molar-refractivity contribution in [3.8, 4) is 0 Å². The summed E-state index contributed by atoms with van der Waals surface area (Å²) in [5, 5.41) is 0. The van der Waals surface area contributed by atoms with Crippen LogP contribution in [0.4, 0.5) is 0 Å². The highest BCUT2D eigenvalue weighted by molar-refractivity contribution is 7.58. The van der Waals surface area contributed by atoms with E-state index >= 15 is 0 Å². The number of rotatable bonds is 2. The molecule has 6 nitrogen and oxygen atoms in total. The molecule has 0 radical (unpaired) electrons. The minimum atomic E-state index is -3.54. The van der Waals surface area contributed by atoms with Crippen LogP contribution in [0.25, 0.3) is 0 Å². The summed E-state index contributed by atoms with van der Waals surface area (Å²) >= 11 is 0. The van der Waals surface area contributed by atoms with E-state index in [9.17, 15) is 9.79 Å². The highest BCUT2D eigenvalue weighted by atomic mass is 31.2. The fraction of sp³-hybridized carbons (Fsp3) is 0.833. The van der Waals surface area contributed by atoms with Crippen molar-refractivity contribution in [2.24, 2.45) is 4.76 Å². The molecule has 0 aromatic rings. The van der Waals surface area contributed by atoms with E-state index in [0.29, 0.717) is 5.96 Å². The van der Waals surface area contributed by atoms with Crippen LogP contribution in [0.2, 0.25) is 0 Å². The zero-order valence-corrected chi connectivity index (χ0v) is 8.90. The zero-order chi connectivity index (χ0) is 10.1. The maximum Gasteiger partial charge on any atom is 0.551 e. The summed E-state index contributed by atoms with van der Waals surface area (Å²) in [6, 6.07) is 0. The molecule has 0 saturated carbocycles. The standard InChI is InChI=1S/C6H15N3O3P/c1-8-4-5-9(2)6(8)7-13(10,11)12-3/h10-11H,4-5H2,1-3H3/q+1. The van der Waals surface area contributed by atoms with Gasteiger partial charge in [-0.3, -0.25) is 0 Å². The average molecular weight is 208 g/mol. The van der Waals surface area contributed by atoms with Crippen molar-refractivity contribution in [1.29, 1.82) is 0 Å². The first-order chi connectivity index (χ1) is 5.96. The lowest BCUT2D eigenvalue weighted by Gasteiger charge is -2.14. The van der Waals surface area contributed by atoms with Gasteiger partial charge in [0.25, 0.3) is 0 Å². The van der Waals surface area contributed by atoms with Crippen LogP contribution >= 0.6 is 8.09 Å². The molecule has 0 atom stereocenters. The molecule has 1 heterocycles. The van der Waals surface area contributed by atoms with Crippen LogP contribution in [0.15, 0.2) is 4.76 Å². The number of guanidine groups is 1. The van der Waals surface area contributed by atoms with E-state index in [-0.39, 0.29) is 0 Å². The molecule has 0 aromatic heterocycles. The summed E-state index contributed by atoms with van der Waals surface area (Å²) in [6.45, 7) is 1.66. The first-order valence-corrected chi connectivity index (χ1v) is 5.45. The third-order valence-corrected chi connectivity index (χ3v) is 2.85. The summed E-state index contributed by atoms with van der Waals surface area (Å²) in [5.74, 6) is 0.556. The van der Waals surface area contributed by atoms with E-state index in [1.165, 1.54) is 7.11 Å². The van der Waals surface area contributed by atoms with E-state index in [0.717, 1.165) is 13.1 Å². The predicted molar refractivity (Wildman–Crippen MR) is 51.1 cm³/mol. The normalized spacial score (nSPS) is 18.4. The molecule has 1 fully saturated rings. The van der Waals surface area contributed by atoms with Gasteiger partial charge in [-0.15, -0.1) is 0 Å². The van der Waals surface area contributed by atoms with Crippen LogP contribution in [0.3, 0.4) is 0 Å². The predicted octanol–water partition coefficient (Wildman–Crippen LogP) is -0.472. The molecule has 2 N–H and O–H groups in total. The molecule has 1 saturated heterocycles. The van der Waals surface area contributed by atoms with E-state index in [4.69, 9.17) is 0 Å². The Morgan fingerprint density at radius 1 is 1.31 bits per heavy atom. The van der Waals surface area contributed by atoms with Gasteiger partial charge in [0.15, 0.2) is 0 Å². The van der Waals surface area contributed by atoms with Gasteiger partial charge < -0.3 is 9.80 Å². The Morgan fingerprint density at radius 2 is 1.77 bits per heavy atom. The Kier molecular flexibility index (Phi) is 3.08. The molecule has 1 rings (SSSR count). The fourth-order valence-corrected chi connectivity index (χ4v) is 1.72. The Balaban J connectivity index is 2.79. The Hall–Kier alpha value is -0.420. The van der Waals surface area contributed by atoms with Crippen LogP contribution in [-0.4, -0.2) is 59.8 Å². The van der Waals surface area contributed by atoms with Gasteiger partial charge >= 0.3 is 8.09 Å². The molecular formula is C6H15N3O3P+. The van der Waals surface area contributed by atoms with Crippen molar-refractivity contribution in [2.75, 3.05) is 34.3 Å². The Bertz CT molecular complexity index is 209. The molecule has 0 amide bonds. The highest BCUT2D eigenvalue weighted by Gasteiger charge is 2.38. The van der Waals surface area contributed by atoms with Crippen molar-refractivity contribution >= 4 is 14.1 Å². The smallest absolute Gasteiger partial charge is 0.341 e. The van der Waals surface area contributed by atoms with Crippen molar-refractivity contribution in [2.45, 2.75) is 0 Å². The van der Waals surface area contributed by atoms with Crippen LogP contribution in [-0.2, 0) is 4.52 Å². The molecule has 7 heteroatoms. The van der Waals surface area contributed by atoms with Gasteiger partial charge in [0.1, 0.15) is 0 Å². The van der Waals surface area contributed by atoms with Crippen LogP contribution < -0.4 is 0 Å². The second kappa shape index (κ2) is 3.75. The van der Waals surface area contributed by atoms with Crippen LogP contribution in [0, 0.1) is 0 Å². The second-order valence-electron chi connectivity index (χ2n) is 2.94. The van der Waals surface area contributed by atoms with Gasteiger partial charge in [-0.25, -0.2) is 0 Å². The summed E-state index contributed by atoms with van der Waals surface area (Å²) in [4.78, 5) is 22.1. The minimum Gasteiger partial charge on any atom is -0.341 e. The molecule has 0 unspecified atom stereocenters. The Morgan fingerprint density at radius 3 is 2.15 bits per heavy atom. The lowest BCUT2D eigenvalue weighted by Crippen LogP contribution is -2.28. The third-order valence-electron chi connectivity index (χ3n) is 1.92. The van der Waals surface area contributed by atoms with E-state index in [2.05, 4.69) is 9.29 Å². The van der Waals surface area contributed by atoms with E-state index in [1.54, 1.807) is 0 Å². The first-order valence-electron chi connectivity index (χ1n) is 3.89. The topological polar surface area (TPSA) is 68.5 Å². The molecule has 0 aromatic carbocycles. The van der Waals surface area contributed by atoms with E-state index < -0.39 is 8.09 Å². The van der Waals surface area contributed by atoms with Crippen LogP contribution in [0.1, 0.15) is 0 Å². The molecule has 13 heavy (non-hydrogen) atoms. The van der Waals surface area contributed by atoms with Gasteiger partial charge in [0.05, 0.1) is 7.11 Å². The van der Waals surface area contributed by atoms with Crippen molar-refractivity contribution in [3.63, 3.8) is 0 Å². The number of hydrogen-bond donors (Lipinski definition) is 2. The monoisotopic (exact) mass is 208 g/mol. The van der Waals surface area contributed by atoms with Crippen LogP contribution in [0.5, 0.6) is 0 Å². The maximum atomic E-state index is 9.22. The summed E-state index contributed by atoms with van der Waals surface area (Å²) < 4.78 is 8.23. The molecule has 0 bridgehead atoms. The fourth-order valence-electron chi connectivity index (χ4n) is 1.10. The van der Waals surface area contributed by atoms with Crippen molar-refractivity contribution in [3.05, 3.63) is 0 Å². The van der Waals surface area contributed by atoms with Gasteiger partial charge in [-0.1, -0.05) is 0 Å². The summed E-state index contributed by atoms with van der Waals surface area (Å²) in [5.41, 5.74) is 0. The van der Waals surface area contributed by atoms with Crippen molar-refractivity contribution in [1.82, 2.24) is 9.80 Å². The maximum absolute atomic E-state index is 9.22. The first kappa shape index (κ1) is 10.7. The summed E-state index contributed by atoms with van der Waals surface area (Å²) in [7, 11) is 1.38. The zero-order valence-electron chi connectivity index (χ0n) is 8.01. The van der Waals surface area contributed by atoms with Gasteiger partial charge in [0.2, 0.25) is 5.96 Å².